The lowest BCUT2D eigenvalue weighted by Gasteiger charge is -2.53. The topological polar surface area (TPSA) is 116 Å². The van der Waals surface area contributed by atoms with Crippen molar-refractivity contribution in [2.45, 2.75) is 55.4 Å². The Labute approximate surface area is 332 Å². The first kappa shape index (κ1) is 37.1. The molecule has 55 heavy (non-hydrogen) atoms. The van der Waals surface area contributed by atoms with Gasteiger partial charge in [0.2, 0.25) is 10.6 Å². The van der Waals surface area contributed by atoms with Crippen molar-refractivity contribution in [3.63, 3.8) is 0 Å². The molecule has 1 fully saturated rings. The van der Waals surface area contributed by atoms with Crippen LogP contribution in [0.15, 0.2) is 72.4 Å². The Morgan fingerprint density at radius 3 is 2.29 bits per heavy atom. The van der Waals surface area contributed by atoms with E-state index in [2.05, 4.69) is 0 Å². The van der Waals surface area contributed by atoms with Crippen molar-refractivity contribution in [2.75, 3.05) is 27.1 Å². The van der Waals surface area contributed by atoms with Crippen molar-refractivity contribution in [2.24, 2.45) is 0 Å². The van der Waals surface area contributed by atoms with Crippen LogP contribution in [0.2, 0.25) is 0 Å². The van der Waals surface area contributed by atoms with Gasteiger partial charge in [-0.15, -0.1) is 0 Å². The number of halogens is 3. The van der Waals surface area contributed by atoms with Gasteiger partial charge < -0.3 is 38.4 Å². The van der Waals surface area contributed by atoms with Gasteiger partial charge in [0.15, 0.2) is 23.0 Å². The summed E-state index contributed by atoms with van der Waals surface area (Å²) < 4.78 is 34.5. The van der Waals surface area contributed by atoms with E-state index in [1.807, 2.05) is 73.7 Å². The fourth-order valence-electron chi connectivity index (χ4n) is 8.01. The van der Waals surface area contributed by atoms with Crippen LogP contribution in [0.4, 0.5) is 4.79 Å². The van der Waals surface area contributed by atoms with E-state index < -0.39 is 40.5 Å². The van der Waals surface area contributed by atoms with Gasteiger partial charge in [-0.2, -0.15) is 0 Å². The smallest absolute Gasteiger partial charge is 0.411 e. The first-order valence-corrected chi connectivity index (χ1v) is 18.8. The molecule has 14 heteroatoms. The average Bonchev–Trinajstić information content (AvgIpc) is 3.67. The van der Waals surface area contributed by atoms with Gasteiger partial charge in [0.25, 0.3) is 5.91 Å². The zero-order valence-corrected chi connectivity index (χ0v) is 32.4. The van der Waals surface area contributed by atoms with E-state index in [0.717, 1.165) is 22.3 Å². The number of fused-ring (bicyclic) bond motifs is 9. The summed E-state index contributed by atoms with van der Waals surface area (Å²) in [6.45, 7) is 3.47. The summed E-state index contributed by atoms with van der Waals surface area (Å²) >= 11 is 18.1. The van der Waals surface area contributed by atoms with Gasteiger partial charge >= 0.3 is 6.09 Å². The summed E-state index contributed by atoms with van der Waals surface area (Å²) in [4.78, 5) is 32.4. The number of piperazine rings is 1. The summed E-state index contributed by atoms with van der Waals surface area (Å²) in [5, 5.41) is 11.8. The number of nitrogens with zero attached hydrogens (tertiary/aromatic N) is 2. The molecule has 4 heterocycles. The molecule has 11 nitrogen and oxygen atoms in total. The SMILES string of the molecule is COc1c(C)cc2c(c1OCc1ccccc1)[C@@H]1C3=Cc4c(O)c(C)c5c(c4[C@H](COCc4ccccc4)N3C(=O)[C@H](C2)N1C(=O)OCC(Cl)(Cl)Cl)OCO5. The Kier molecular flexibility index (Phi) is 9.92. The number of alkyl halides is 3. The normalized spacial score (nSPS) is 19.3. The van der Waals surface area contributed by atoms with Gasteiger partial charge in [0.05, 0.1) is 26.4 Å². The summed E-state index contributed by atoms with van der Waals surface area (Å²) in [6, 6.07) is 18.4. The molecule has 4 aliphatic heterocycles. The van der Waals surface area contributed by atoms with E-state index >= 15 is 4.79 Å². The summed E-state index contributed by atoms with van der Waals surface area (Å²) in [5.74, 6) is 1.22. The lowest BCUT2D eigenvalue weighted by Crippen LogP contribution is -2.63. The standard InChI is InChI=1S/C41H37Cl3N2O9/c1-22-14-26-15-29-39(48)45-28(16-27-32(38-36(54-21-55-38)23(2)34(27)47)30(45)19-51-17-24-10-6-4-7-11-24)33(46(29)40(49)53-20-41(42,43)44)31(26)37(35(22)50-3)52-18-25-12-8-5-9-13-25/h4-14,16,29-30,33,47H,15,17-21H2,1-3H3/t29-,30-,33-/m0/s1. The molecule has 0 radical (unpaired) electrons. The average molecular weight is 808 g/mol. The summed E-state index contributed by atoms with van der Waals surface area (Å²) in [6.07, 6.45) is 0.956. The molecule has 4 aromatic rings. The van der Waals surface area contributed by atoms with E-state index in [9.17, 15) is 9.90 Å². The van der Waals surface area contributed by atoms with Gasteiger partial charge in [0, 0.05) is 34.4 Å². The van der Waals surface area contributed by atoms with Crippen LogP contribution in [0.25, 0.3) is 6.08 Å². The molecule has 0 saturated carbocycles. The summed E-state index contributed by atoms with van der Waals surface area (Å²) in [7, 11) is 1.55. The van der Waals surface area contributed by atoms with E-state index in [1.165, 1.54) is 4.90 Å². The van der Waals surface area contributed by atoms with Gasteiger partial charge in [-0.25, -0.2) is 4.79 Å². The van der Waals surface area contributed by atoms with E-state index in [0.29, 0.717) is 50.9 Å². The van der Waals surface area contributed by atoms with Gasteiger partial charge in [-0.3, -0.25) is 9.69 Å². The Bertz CT molecular complexity index is 2190. The third kappa shape index (κ3) is 6.67. The number of hydrogen-bond donors (Lipinski definition) is 1. The van der Waals surface area contributed by atoms with E-state index in [4.69, 9.17) is 63.2 Å². The molecule has 1 saturated heterocycles. The zero-order chi connectivity index (χ0) is 38.6. The minimum atomic E-state index is -1.91. The minimum absolute atomic E-state index is 0.0157. The number of ether oxygens (including phenoxy) is 6. The molecule has 0 aromatic heterocycles. The number of carbonyl (C=O) groups excluding carboxylic acids is 2. The highest BCUT2D eigenvalue weighted by atomic mass is 35.6. The van der Waals surface area contributed by atoms with Crippen molar-refractivity contribution in [1.82, 2.24) is 9.80 Å². The van der Waals surface area contributed by atoms with Crippen molar-refractivity contribution >= 4 is 52.9 Å². The maximum Gasteiger partial charge on any atom is 0.411 e. The number of phenols is 1. The fourth-order valence-corrected chi connectivity index (χ4v) is 8.18. The maximum atomic E-state index is 15.1. The van der Waals surface area contributed by atoms with Crippen molar-refractivity contribution in [3.8, 4) is 28.7 Å². The minimum Gasteiger partial charge on any atom is -0.507 e. The van der Waals surface area contributed by atoms with Crippen LogP contribution in [0.5, 0.6) is 28.7 Å². The summed E-state index contributed by atoms with van der Waals surface area (Å²) in [5.41, 5.74) is 5.78. The molecule has 0 spiro atoms. The first-order chi connectivity index (χ1) is 26.5. The largest absolute Gasteiger partial charge is 0.507 e. The van der Waals surface area contributed by atoms with Crippen LogP contribution >= 0.6 is 34.8 Å². The van der Waals surface area contributed by atoms with Crippen LogP contribution in [-0.4, -0.2) is 63.9 Å². The Morgan fingerprint density at radius 1 is 0.945 bits per heavy atom. The molecule has 3 atom stereocenters. The number of hydrogen-bond acceptors (Lipinski definition) is 9. The highest BCUT2D eigenvalue weighted by Crippen LogP contribution is 2.59. The Morgan fingerprint density at radius 2 is 1.62 bits per heavy atom. The van der Waals surface area contributed by atoms with E-state index in [1.54, 1.807) is 25.0 Å². The van der Waals surface area contributed by atoms with E-state index in [-0.39, 0.29) is 38.8 Å². The number of phenolic OH excluding ortho intramolecular Hbond substituents is 1. The Balaban J connectivity index is 1.33. The second-order valence-corrected chi connectivity index (χ2v) is 16.3. The molecule has 2 amide bonds. The molecule has 4 aliphatic rings. The second-order valence-electron chi connectivity index (χ2n) is 13.8. The number of methoxy groups -OCH3 is 1. The molecular formula is C41H37Cl3N2O9. The molecule has 8 rings (SSSR count). The molecule has 4 aromatic carbocycles. The van der Waals surface area contributed by atoms with Crippen LogP contribution in [0, 0.1) is 13.8 Å². The third-order valence-electron chi connectivity index (χ3n) is 10.4. The first-order valence-electron chi connectivity index (χ1n) is 17.7. The molecule has 0 unspecified atom stereocenters. The number of carbonyl (C=O) groups is 2. The van der Waals surface area contributed by atoms with Gasteiger partial charge in [-0.05, 0) is 42.2 Å². The third-order valence-corrected chi connectivity index (χ3v) is 10.7. The predicted molar refractivity (Wildman–Crippen MR) is 205 cm³/mol. The highest BCUT2D eigenvalue weighted by molar-refractivity contribution is 6.67. The molecule has 286 valence electrons. The number of benzene rings is 4. The lowest BCUT2D eigenvalue weighted by molar-refractivity contribution is -0.145. The van der Waals surface area contributed by atoms with Crippen molar-refractivity contribution in [3.05, 3.63) is 117 Å². The number of amides is 2. The fraction of sp³-hybridized carbons (Fsp3) is 0.317. The van der Waals surface area contributed by atoms with Gasteiger partial charge in [-0.1, -0.05) is 102 Å². The molecule has 2 bridgehead atoms. The van der Waals surface area contributed by atoms with Crippen LogP contribution in [-0.2, 0) is 33.9 Å². The number of rotatable bonds is 9. The van der Waals surface area contributed by atoms with Crippen molar-refractivity contribution in [1.29, 1.82) is 0 Å². The van der Waals surface area contributed by atoms with Crippen molar-refractivity contribution < 1.29 is 43.1 Å². The number of aromatic hydroxyl groups is 1. The maximum absolute atomic E-state index is 15.1. The Hall–Kier alpha value is -4.81. The molecule has 1 N–H and O–H groups in total. The predicted octanol–water partition coefficient (Wildman–Crippen LogP) is 8.25. The molecular weight excluding hydrogens is 771 g/mol. The van der Waals surface area contributed by atoms with Crippen LogP contribution in [0.1, 0.15) is 56.6 Å². The van der Waals surface area contributed by atoms with Gasteiger partial charge in [0.1, 0.15) is 31.0 Å². The highest BCUT2D eigenvalue weighted by Gasteiger charge is 2.56. The second kappa shape index (κ2) is 14.7. The quantitative estimate of drug-likeness (QED) is 0.167. The number of aryl methyl sites for hydroxylation is 1. The lowest BCUT2D eigenvalue weighted by atomic mass is 9.77. The monoisotopic (exact) mass is 806 g/mol. The van der Waals surface area contributed by atoms with Crippen LogP contribution < -0.4 is 18.9 Å². The van der Waals surface area contributed by atoms with Crippen LogP contribution in [0.3, 0.4) is 0 Å². The zero-order valence-electron chi connectivity index (χ0n) is 30.1. The molecule has 0 aliphatic carbocycles.